The van der Waals surface area contributed by atoms with E-state index in [2.05, 4.69) is 26.9 Å². The molecule has 9 nitrogen and oxygen atoms in total. The van der Waals surface area contributed by atoms with Gasteiger partial charge in [0.1, 0.15) is 5.75 Å². The molecule has 192 valence electrons. The summed E-state index contributed by atoms with van der Waals surface area (Å²) in [4.78, 5) is 16.9. The number of hydrogen-bond acceptors (Lipinski definition) is 7. The molecule has 0 bridgehead atoms. The molecular formula is C24H40N4O5S. The zero-order valence-electron chi connectivity index (χ0n) is 21.1. The summed E-state index contributed by atoms with van der Waals surface area (Å²) in [5.41, 5.74) is 0.0236. The number of ether oxygens (including phenoxy) is 1. The molecule has 3 rings (SSSR count). The SMILES string of the molecule is COc1cccc(C2(CNS(=O)(=O)OC(=O)NC(C)(C)C)CCC(N3CCN(C)CC3)CC2)c1. The Bertz CT molecular complexity index is 931. The van der Waals surface area contributed by atoms with E-state index in [-0.39, 0.29) is 6.54 Å². The molecule has 1 aromatic carbocycles. The Morgan fingerprint density at radius 1 is 1.15 bits per heavy atom. The van der Waals surface area contributed by atoms with Gasteiger partial charge in [0.2, 0.25) is 0 Å². The predicted molar refractivity (Wildman–Crippen MR) is 132 cm³/mol. The van der Waals surface area contributed by atoms with Crippen LogP contribution in [0.2, 0.25) is 0 Å². The maximum absolute atomic E-state index is 12.6. The number of methoxy groups -OCH3 is 1. The fourth-order valence-corrected chi connectivity index (χ4v) is 5.66. The predicted octanol–water partition coefficient (Wildman–Crippen LogP) is 2.48. The number of rotatable bonds is 7. The normalized spacial score (nSPS) is 25.0. The van der Waals surface area contributed by atoms with Crippen LogP contribution in [0.25, 0.3) is 0 Å². The molecule has 1 aliphatic carbocycles. The van der Waals surface area contributed by atoms with E-state index in [1.54, 1.807) is 27.9 Å². The first-order chi connectivity index (χ1) is 15.9. The van der Waals surface area contributed by atoms with E-state index in [9.17, 15) is 13.2 Å². The molecule has 0 radical (unpaired) electrons. The van der Waals surface area contributed by atoms with Gasteiger partial charge in [-0.3, -0.25) is 4.90 Å². The lowest BCUT2D eigenvalue weighted by atomic mass is 9.68. The third-order valence-corrected chi connectivity index (χ3v) is 7.77. The van der Waals surface area contributed by atoms with Crippen LogP contribution in [0.5, 0.6) is 5.75 Å². The molecule has 1 saturated carbocycles. The molecule has 0 aromatic heterocycles. The molecule has 10 heteroatoms. The molecule has 1 aromatic rings. The summed E-state index contributed by atoms with van der Waals surface area (Å²) < 4.78 is 37.9. The van der Waals surface area contributed by atoms with Crippen molar-refractivity contribution in [2.24, 2.45) is 0 Å². The van der Waals surface area contributed by atoms with Crippen LogP contribution in [0.15, 0.2) is 24.3 Å². The number of carbonyl (C=O) groups excluding carboxylic acids is 1. The molecular weight excluding hydrogens is 456 g/mol. The van der Waals surface area contributed by atoms with Gasteiger partial charge in [-0.05, 0) is 71.2 Å². The van der Waals surface area contributed by atoms with Gasteiger partial charge in [0.25, 0.3) is 0 Å². The molecule has 2 aliphatic rings. The first kappa shape index (κ1) is 26.7. The molecule has 1 saturated heterocycles. The van der Waals surface area contributed by atoms with E-state index in [1.165, 1.54) is 0 Å². The van der Waals surface area contributed by atoms with Crippen LogP contribution in [0, 0.1) is 0 Å². The van der Waals surface area contributed by atoms with Crippen molar-refractivity contribution < 1.29 is 22.1 Å². The van der Waals surface area contributed by atoms with Gasteiger partial charge in [-0.25, -0.2) is 4.79 Å². The van der Waals surface area contributed by atoms with Gasteiger partial charge in [-0.1, -0.05) is 12.1 Å². The zero-order chi connectivity index (χ0) is 25.0. The molecule has 34 heavy (non-hydrogen) atoms. The number of piperazine rings is 1. The summed E-state index contributed by atoms with van der Waals surface area (Å²) in [6, 6.07) is 8.33. The fourth-order valence-electron chi connectivity index (χ4n) is 4.91. The first-order valence-corrected chi connectivity index (χ1v) is 13.4. The highest BCUT2D eigenvalue weighted by Gasteiger charge is 2.40. The van der Waals surface area contributed by atoms with Gasteiger partial charge in [-0.15, -0.1) is 0 Å². The second-order valence-electron chi connectivity index (χ2n) is 10.6. The summed E-state index contributed by atoms with van der Waals surface area (Å²) in [5, 5.41) is 2.51. The van der Waals surface area contributed by atoms with Gasteiger partial charge < -0.3 is 19.1 Å². The number of hydrogen-bond donors (Lipinski definition) is 2. The van der Waals surface area contributed by atoms with Gasteiger partial charge in [0.05, 0.1) is 7.11 Å². The first-order valence-electron chi connectivity index (χ1n) is 12.0. The van der Waals surface area contributed by atoms with Gasteiger partial charge in [0, 0.05) is 49.7 Å². The Morgan fingerprint density at radius 2 is 1.79 bits per heavy atom. The van der Waals surface area contributed by atoms with Crippen molar-refractivity contribution >= 4 is 16.4 Å². The van der Waals surface area contributed by atoms with Crippen LogP contribution in [0.1, 0.15) is 52.0 Å². The van der Waals surface area contributed by atoms with Crippen LogP contribution >= 0.6 is 0 Å². The number of nitrogens with zero attached hydrogens (tertiary/aromatic N) is 2. The molecule has 1 aliphatic heterocycles. The number of carbonyl (C=O) groups is 1. The lowest BCUT2D eigenvalue weighted by Crippen LogP contribution is -2.52. The monoisotopic (exact) mass is 496 g/mol. The number of likely N-dealkylation sites (N-methyl/N-ethyl adjacent to an activating group) is 1. The maximum Gasteiger partial charge on any atom is 0.424 e. The van der Waals surface area contributed by atoms with Crippen LogP contribution < -0.4 is 14.8 Å². The van der Waals surface area contributed by atoms with Gasteiger partial charge >= 0.3 is 16.4 Å². The largest absolute Gasteiger partial charge is 0.497 e. The van der Waals surface area contributed by atoms with Crippen LogP contribution in [-0.4, -0.2) is 82.8 Å². The third kappa shape index (κ3) is 7.31. The summed E-state index contributed by atoms with van der Waals surface area (Å²) in [6.45, 7) is 9.70. The van der Waals surface area contributed by atoms with E-state index in [0.717, 1.165) is 63.2 Å². The quantitative estimate of drug-likeness (QED) is 0.598. The van der Waals surface area contributed by atoms with Gasteiger partial charge in [0.15, 0.2) is 0 Å². The van der Waals surface area contributed by atoms with Crippen molar-refractivity contribution in [1.29, 1.82) is 0 Å². The Balaban J connectivity index is 1.73. The molecule has 2 N–H and O–H groups in total. The zero-order valence-corrected chi connectivity index (χ0v) is 21.9. The van der Waals surface area contributed by atoms with Crippen molar-refractivity contribution in [3.05, 3.63) is 29.8 Å². The highest BCUT2D eigenvalue weighted by Crippen LogP contribution is 2.41. The fraction of sp³-hybridized carbons (Fsp3) is 0.708. The van der Waals surface area contributed by atoms with Crippen molar-refractivity contribution in [2.75, 3.05) is 46.9 Å². The number of benzene rings is 1. The summed E-state index contributed by atoms with van der Waals surface area (Å²) >= 11 is 0. The molecule has 1 amide bonds. The molecule has 0 spiro atoms. The average Bonchev–Trinajstić information content (AvgIpc) is 2.77. The maximum atomic E-state index is 12.6. The smallest absolute Gasteiger partial charge is 0.424 e. The lowest BCUT2D eigenvalue weighted by Gasteiger charge is -2.46. The van der Waals surface area contributed by atoms with Crippen LogP contribution in [0.4, 0.5) is 4.79 Å². The standard InChI is InChI=1S/C24H40N4O5S/c1-23(2,3)26-22(29)33-34(30,31)25-18-24(19-7-6-8-21(17-19)32-5)11-9-20(10-12-24)28-15-13-27(4)14-16-28/h6-8,17,20,25H,9-16,18H2,1-5H3,(H,26,29). The van der Waals surface area contributed by atoms with E-state index < -0.39 is 27.4 Å². The third-order valence-electron chi connectivity index (χ3n) is 6.90. The number of amides is 1. The van der Waals surface area contributed by atoms with E-state index in [1.807, 2.05) is 24.3 Å². The molecule has 0 atom stereocenters. The Morgan fingerprint density at radius 3 is 2.38 bits per heavy atom. The van der Waals surface area contributed by atoms with Gasteiger partial charge in [-0.2, -0.15) is 13.1 Å². The second kappa shape index (κ2) is 10.8. The summed E-state index contributed by atoms with van der Waals surface area (Å²) in [6.07, 6.45) is 2.62. The molecule has 1 heterocycles. The van der Waals surface area contributed by atoms with Crippen molar-refractivity contribution in [3.8, 4) is 5.75 Å². The Hall–Kier alpha value is -1.88. The minimum Gasteiger partial charge on any atom is -0.497 e. The van der Waals surface area contributed by atoms with E-state index in [4.69, 9.17) is 8.92 Å². The summed E-state index contributed by atoms with van der Waals surface area (Å²) in [5.74, 6) is 0.738. The Kier molecular flexibility index (Phi) is 8.49. The summed E-state index contributed by atoms with van der Waals surface area (Å²) in [7, 11) is -0.484. The minimum absolute atomic E-state index is 0.154. The van der Waals surface area contributed by atoms with Crippen molar-refractivity contribution in [1.82, 2.24) is 19.8 Å². The lowest BCUT2D eigenvalue weighted by molar-refractivity contribution is 0.0750. The highest BCUT2D eigenvalue weighted by atomic mass is 32.2. The second-order valence-corrected chi connectivity index (χ2v) is 12.0. The topological polar surface area (TPSA) is 100 Å². The number of nitrogens with one attached hydrogen (secondary N) is 2. The van der Waals surface area contributed by atoms with E-state index >= 15 is 0 Å². The Labute approximate surface area is 204 Å². The van der Waals surface area contributed by atoms with E-state index in [0.29, 0.717) is 6.04 Å². The molecule has 0 unspecified atom stereocenters. The average molecular weight is 497 g/mol. The highest BCUT2D eigenvalue weighted by molar-refractivity contribution is 7.85. The molecule has 2 fully saturated rings. The van der Waals surface area contributed by atoms with Crippen molar-refractivity contribution in [3.63, 3.8) is 0 Å². The van der Waals surface area contributed by atoms with Crippen LogP contribution in [-0.2, 0) is 19.9 Å². The minimum atomic E-state index is -4.26. The van der Waals surface area contributed by atoms with Crippen molar-refractivity contribution in [2.45, 2.75) is 63.5 Å². The van der Waals surface area contributed by atoms with Crippen LogP contribution in [0.3, 0.4) is 0 Å².